The summed E-state index contributed by atoms with van der Waals surface area (Å²) in [5, 5.41) is 2.28. The fraction of sp³-hybridized carbons (Fsp3) is 0.129. The van der Waals surface area contributed by atoms with Crippen LogP contribution in [0.25, 0.3) is 55.3 Å². The topological polar surface area (TPSA) is 19.6 Å². The van der Waals surface area contributed by atoms with Crippen molar-refractivity contribution in [1.82, 2.24) is 0 Å². The minimum absolute atomic E-state index is 0.00825. The number of hydrogen-bond acceptors (Lipinski definition) is 3. The third-order valence-electron chi connectivity index (χ3n) is 14.0. The molecule has 2 aliphatic heterocycles. The van der Waals surface area contributed by atoms with Crippen molar-refractivity contribution in [2.24, 2.45) is 0 Å². The summed E-state index contributed by atoms with van der Waals surface area (Å²) in [5.74, 6) is 0. The Morgan fingerprint density at radius 3 is 1.48 bits per heavy atom. The first-order valence-electron chi connectivity index (χ1n) is 23.3. The second-order valence-corrected chi connectivity index (χ2v) is 20.2. The largest absolute Gasteiger partial charge is 0.455 e. The predicted octanol–water partition coefficient (Wildman–Crippen LogP) is 15.3. The minimum Gasteiger partial charge on any atom is -0.455 e. The molecule has 0 bridgehead atoms. The molecular formula is C62H51BN2O. The maximum atomic E-state index is 6.53. The van der Waals surface area contributed by atoms with Crippen LogP contribution in [0.5, 0.6) is 0 Å². The maximum absolute atomic E-state index is 6.53. The number of nitrogens with zero attached hydrogens (tertiary/aromatic N) is 2. The van der Waals surface area contributed by atoms with Gasteiger partial charge in [0.15, 0.2) is 0 Å². The zero-order valence-corrected chi connectivity index (χ0v) is 38.4. The standard InChI is InChI=1S/C62H51BN2O/c1-61(2,3)45-29-35-53-55(37-45)65(48-32-26-43(27-33-48)49-21-15-22-51-50-20-13-14-23-58(50)66-60(49)51)57-39-46(62(4,5)6)38-56-59(57)63(53)52-34-28-44(41-18-11-8-12-19-41)36-54(52)64(56)47-30-24-42(25-31-47)40-16-9-7-10-17-40/h7-39H,1-6H3. The van der Waals surface area contributed by atoms with E-state index in [1.54, 1.807) is 0 Å². The molecule has 0 aliphatic carbocycles. The summed E-state index contributed by atoms with van der Waals surface area (Å²) in [4.78, 5) is 5.10. The molecule has 9 aromatic carbocycles. The molecule has 3 heterocycles. The molecule has 10 aromatic rings. The molecule has 0 spiro atoms. The molecule has 0 N–H and O–H groups in total. The van der Waals surface area contributed by atoms with Crippen LogP contribution in [0.1, 0.15) is 52.7 Å². The van der Waals surface area contributed by atoms with Crippen molar-refractivity contribution < 1.29 is 4.42 Å². The SMILES string of the molecule is CC(C)(C)c1ccc2c(c1)N(c1ccc(-c3cccc4c3oc3ccccc34)cc1)c1cc(C(C)(C)C)cc3c1B2c1ccc(-c2ccccc2)cc1N3c1ccc(-c2ccccc2)cc1. The van der Waals surface area contributed by atoms with Gasteiger partial charge in [0.25, 0.3) is 6.71 Å². The highest BCUT2D eigenvalue weighted by molar-refractivity contribution is 7.00. The minimum atomic E-state index is -0.135. The van der Waals surface area contributed by atoms with Crippen molar-refractivity contribution in [3.05, 3.63) is 211 Å². The molecule has 3 nitrogen and oxygen atoms in total. The summed E-state index contributed by atoms with van der Waals surface area (Å²) in [7, 11) is 0. The lowest BCUT2D eigenvalue weighted by Gasteiger charge is -2.45. The molecule has 4 heteroatoms. The van der Waals surface area contributed by atoms with E-state index in [0.29, 0.717) is 0 Å². The number of para-hydroxylation sites is 2. The number of furan rings is 1. The van der Waals surface area contributed by atoms with Crippen molar-refractivity contribution in [3.8, 4) is 33.4 Å². The Morgan fingerprint density at radius 2 is 0.864 bits per heavy atom. The highest BCUT2D eigenvalue weighted by Crippen LogP contribution is 2.48. The second kappa shape index (κ2) is 15.0. The van der Waals surface area contributed by atoms with Gasteiger partial charge in [0.2, 0.25) is 0 Å². The van der Waals surface area contributed by atoms with E-state index < -0.39 is 0 Å². The Morgan fingerprint density at radius 1 is 0.379 bits per heavy atom. The Hall–Kier alpha value is -7.56. The summed E-state index contributed by atoms with van der Waals surface area (Å²) in [6, 6.07) is 74.1. The molecule has 0 fully saturated rings. The van der Waals surface area contributed by atoms with Gasteiger partial charge < -0.3 is 14.2 Å². The van der Waals surface area contributed by atoms with Crippen molar-refractivity contribution in [3.63, 3.8) is 0 Å². The quantitative estimate of drug-likeness (QED) is 0.161. The molecule has 318 valence electrons. The van der Waals surface area contributed by atoms with Crippen LogP contribution in [0.3, 0.4) is 0 Å². The van der Waals surface area contributed by atoms with E-state index in [1.165, 1.54) is 72.5 Å². The average molecular weight is 851 g/mol. The highest BCUT2D eigenvalue weighted by Gasteiger charge is 2.44. The van der Waals surface area contributed by atoms with Gasteiger partial charge in [-0.2, -0.15) is 0 Å². The lowest BCUT2D eigenvalue weighted by molar-refractivity contribution is 0.590. The van der Waals surface area contributed by atoms with E-state index in [9.17, 15) is 0 Å². The normalized spacial score (nSPS) is 13.2. The van der Waals surface area contributed by atoms with E-state index in [0.717, 1.165) is 44.4 Å². The van der Waals surface area contributed by atoms with E-state index in [1.807, 2.05) is 6.07 Å². The van der Waals surface area contributed by atoms with Crippen LogP contribution < -0.4 is 26.2 Å². The van der Waals surface area contributed by atoms with Gasteiger partial charge in [0.05, 0.1) is 0 Å². The lowest BCUT2D eigenvalue weighted by atomic mass is 9.33. The second-order valence-electron chi connectivity index (χ2n) is 20.2. The Balaban J connectivity index is 1.10. The van der Waals surface area contributed by atoms with Gasteiger partial charge in [-0.3, -0.25) is 0 Å². The molecule has 0 radical (unpaired) electrons. The van der Waals surface area contributed by atoms with E-state index in [2.05, 4.69) is 245 Å². The van der Waals surface area contributed by atoms with Crippen LogP contribution in [0.15, 0.2) is 205 Å². The van der Waals surface area contributed by atoms with Gasteiger partial charge in [0, 0.05) is 50.5 Å². The zero-order valence-electron chi connectivity index (χ0n) is 38.4. The molecular weight excluding hydrogens is 800 g/mol. The fourth-order valence-electron chi connectivity index (χ4n) is 10.5. The monoisotopic (exact) mass is 850 g/mol. The third-order valence-corrected chi connectivity index (χ3v) is 14.0. The Kier molecular flexibility index (Phi) is 9.09. The van der Waals surface area contributed by atoms with Crippen molar-refractivity contribution in [1.29, 1.82) is 0 Å². The molecule has 0 unspecified atom stereocenters. The number of fused-ring (bicyclic) bond motifs is 7. The summed E-state index contributed by atoms with van der Waals surface area (Å²) >= 11 is 0. The fourth-order valence-corrected chi connectivity index (χ4v) is 10.5. The van der Waals surface area contributed by atoms with Gasteiger partial charge in [0.1, 0.15) is 11.2 Å². The van der Waals surface area contributed by atoms with Gasteiger partial charge in [-0.05, 0) is 121 Å². The summed E-state index contributed by atoms with van der Waals surface area (Å²) < 4.78 is 6.53. The lowest BCUT2D eigenvalue weighted by Crippen LogP contribution is -2.61. The van der Waals surface area contributed by atoms with Crippen LogP contribution >= 0.6 is 0 Å². The van der Waals surface area contributed by atoms with Crippen LogP contribution in [0, 0.1) is 0 Å². The van der Waals surface area contributed by atoms with Gasteiger partial charge in [-0.15, -0.1) is 0 Å². The third kappa shape index (κ3) is 6.50. The molecule has 0 amide bonds. The first kappa shape index (κ1) is 40.0. The van der Waals surface area contributed by atoms with Crippen LogP contribution in [0.2, 0.25) is 0 Å². The molecule has 2 aliphatic rings. The molecule has 0 saturated heterocycles. The van der Waals surface area contributed by atoms with Crippen molar-refractivity contribution in [2.45, 2.75) is 52.4 Å². The summed E-state index contributed by atoms with van der Waals surface area (Å²) in [6.07, 6.45) is 0. The van der Waals surface area contributed by atoms with E-state index in [4.69, 9.17) is 4.42 Å². The van der Waals surface area contributed by atoms with Crippen molar-refractivity contribution in [2.75, 3.05) is 9.80 Å². The van der Waals surface area contributed by atoms with Crippen LogP contribution in [-0.4, -0.2) is 6.71 Å². The number of rotatable bonds is 5. The smallest absolute Gasteiger partial charge is 0.252 e. The summed E-state index contributed by atoms with van der Waals surface area (Å²) in [6.45, 7) is 14.0. The first-order chi connectivity index (χ1) is 32.0. The first-order valence-corrected chi connectivity index (χ1v) is 23.3. The molecule has 66 heavy (non-hydrogen) atoms. The van der Waals surface area contributed by atoms with E-state index in [-0.39, 0.29) is 17.5 Å². The van der Waals surface area contributed by atoms with Gasteiger partial charge >= 0.3 is 0 Å². The molecule has 0 saturated carbocycles. The summed E-state index contributed by atoms with van der Waals surface area (Å²) in [5.41, 5.74) is 22.4. The highest BCUT2D eigenvalue weighted by atomic mass is 16.3. The molecule has 12 rings (SSSR count). The number of hydrogen-bond donors (Lipinski definition) is 0. The van der Waals surface area contributed by atoms with Crippen LogP contribution in [0.4, 0.5) is 34.1 Å². The number of anilines is 6. The van der Waals surface area contributed by atoms with Gasteiger partial charge in [-0.25, -0.2) is 0 Å². The Bertz CT molecular complexity index is 3480. The van der Waals surface area contributed by atoms with E-state index >= 15 is 0 Å². The molecule has 0 atom stereocenters. The maximum Gasteiger partial charge on any atom is 0.252 e. The average Bonchev–Trinajstić information content (AvgIpc) is 3.73. The Labute approximate surface area is 388 Å². The molecule has 1 aromatic heterocycles. The van der Waals surface area contributed by atoms with Crippen LogP contribution in [-0.2, 0) is 10.8 Å². The number of benzene rings is 9. The zero-order chi connectivity index (χ0) is 44.9. The predicted molar refractivity (Wildman–Crippen MR) is 281 cm³/mol. The van der Waals surface area contributed by atoms with Gasteiger partial charge in [-0.1, -0.05) is 187 Å². The van der Waals surface area contributed by atoms with Crippen molar-refractivity contribution >= 4 is 79.2 Å².